The third-order valence-corrected chi connectivity index (χ3v) is 4.31. The van der Waals surface area contributed by atoms with E-state index in [0.717, 1.165) is 18.5 Å². The summed E-state index contributed by atoms with van der Waals surface area (Å²) in [7, 11) is 0. The van der Waals surface area contributed by atoms with Crippen LogP contribution in [0.15, 0.2) is 46.6 Å². The van der Waals surface area contributed by atoms with Crippen molar-refractivity contribution in [2.24, 2.45) is 4.99 Å². The van der Waals surface area contributed by atoms with Crippen molar-refractivity contribution in [1.29, 1.82) is 0 Å². The molecule has 5 rings (SSSR count). The molecule has 0 saturated heterocycles. The summed E-state index contributed by atoms with van der Waals surface area (Å²) in [6.45, 7) is 0. The minimum absolute atomic E-state index is 0.239. The molecule has 140 valence electrons. The van der Waals surface area contributed by atoms with Gasteiger partial charge in [-0.1, -0.05) is 0 Å². The van der Waals surface area contributed by atoms with Crippen molar-refractivity contribution in [1.82, 2.24) is 29.5 Å². The smallest absolute Gasteiger partial charge is 0.326 e. The lowest BCUT2D eigenvalue weighted by molar-refractivity contribution is 0.454. The number of pyridine rings is 1. The van der Waals surface area contributed by atoms with Crippen LogP contribution in [0, 0.1) is 0 Å². The number of H-pyrrole nitrogens is 2. The highest BCUT2D eigenvalue weighted by molar-refractivity contribution is 5.60. The number of hydrogen-bond acceptors (Lipinski definition) is 7. The average molecular weight is 376 g/mol. The van der Waals surface area contributed by atoms with Gasteiger partial charge in [0, 0.05) is 17.5 Å². The lowest BCUT2D eigenvalue weighted by Gasteiger charge is -2.05. The molecule has 1 fully saturated rings. The second kappa shape index (κ2) is 6.34. The Bertz CT molecular complexity index is 1330. The van der Waals surface area contributed by atoms with Crippen molar-refractivity contribution in [2.75, 3.05) is 5.32 Å². The van der Waals surface area contributed by atoms with Gasteiger partial charge in [0.25, 0.3) is 0 Å². The second-order valence-corrected chi connectivity index (χ2v) is 6.55. The normalized spacial score (nSPS) is 15.4. The minimum atomic E-state index is -0.489. The first-order valence-corrected chi connectivity index (χ1v) is 8.78. The Morgan fingerprint density at radius 3 is 2.93 bits per heavy atom. The Morgan fingerprint density at radius 1 is 1.32 bits per heavy atom. The molecule has 4 heterocycles. The topological polar surface area (TPSA) is 136 Å². The van der Waals surface area contributed by atoms with Gasteiger partial charge in [0.2, 0.25) is 5.88 Å². The number of imidazole rings is 1. The molecule has 0 unspecified atom stereocenters. The fourth-order valence-corrected chi connectivity index (χ4v) is 2.84. The largest absolute Gasteiger partial charge is 0.493 e. The quantitative estimate of drug-likeness (QED) is 0.402. The number of nitrogens with zero attached hydrogens (tertiary/aromatic N) is 5. The SMILES string of the molecule is O=c1[nH]c(O)c(/C=c2\cnn3c(=NC4CC4)cc(Nc4cccnc4)nc23)[nH]1. The van der Waals surface area contributed by atoms with Gasteiger partial charge in [-0.25, -0.2) is 9.78 Å². The van der Waals surface area contributed by atoms with E-state index in [0.29, 0.717) is 28.2 Å². The lowest BCUT2D eigenvalue weighted by Crippen LogP contribution is -2.19. The molecule has 0 bridgehead atoms. The Hall–Kier alpha value is -3.95. The van der Waals surface area contributed by atoms with Crippen molar-refractivity contribution in [3.8, 4) is 5.88 Å². The summed E-state index contributed by atoms with van der Waals surface area (Å²) in [5.74, 6) is 0.360. The predicted octanol–water partition coefficient (Wildman–Crippen LogP) is 0.201. The van der Waals surface area contributed by atoms with Crippen molar-refractivity contribution < 1.29 is 5.11 Å². The minimum Gasteiger partial charge on any atom is -0.493 e. The number of rotatable bonds is 4. The number of fused-ring (bicyclic) bond motifs is 1. The van der Waals surface area contributed by atoms with E-state index in [4.69, 9.17) is 4.99 Å². The number of aromatic nitrogens is 6. The Labute approximate surface area is 157 Å². The van der Waals surface area contributed by atoms with E-state index in [2.05, 4.69) is 30.4 Å². The maximum atomic E-state index is 11.4. The molecule has 0 aromatic carbocycles. The average Bonchev–Trinajstić information content (AvgIpc) is 3.32. The van der Waals surface area contributed by atoms with Gasteiger partial charge < -0.3 is 15.4 Å². The van der Waals surface area contributed by atoms with Crippen molar-refractivity contribution >= 4 is 23.2 Å². The zero-order valence-corrected chi connectivity index (χ0v) is 14.6. The number of anilines is 2. The van der Waals surface area contributed by atoms with Crippen LogP contribution in [0.4, 0.5) is 11.5 Å². The fraction of sp³-hybridized carbons (Fsp3) is 0.167. The molecule has 1 saturated carbocycles. The van der Waals surface area contributed by atoms with Crippen molar-refractivity contribution in [2.45, 2.75) is 18.9 Å². The third-order valence-electron chi connectivity index (χ3n) is 4.31. The van der Waals surface area contributed by atoms with Crippen LogP contribution in [0.3, 0.4) is 0 Å². The standard InChI is InChI=1S/C18H16N8O2/c27-17-13(23-18(28)25-17)6-10-8-20-26-15(22-11-3-4-11)7-14(24-16(10)26)21-12-2-1-5-19-9-12/h1-2,5-9,11,21,27H,3-4H2,(H2,23,25,28)/b10-6+,22-15?. The van der Waals surface area contributed by atoms with E-state index >= 15 is 0 Å². The highest BCUT2D eigenvalue weighted by Crippen LogP contribution is 2.22. The molecule has 1 aliphatic rings. The Morgan fingerprint density at radius 2 is 2.21 bits per heavy atom. The van der Waals surface area contributed by atoms with Crippen LogP contribution in [0.1, 0.15) is 18.5 Å². The van der Waals surface area contributed by atoms with Crippen LogP contribution >= 0.6 is 0 Å². The van der Waals surface area contributed by atoms with Gasteiger partial charge >= 0.3 is 5.69 Å². The highest BCUT2D eigenvalue weighted by Gasteiger charge is 2.20. The van der Waals surface area contributed by atoms with Crippen LogP contribution < -0.4 is 21.7 Å². The first kappa shape index (κ1) is 16.2. The fourth-order valence-electron chi connectivity index (χ4n) is 2.84. The molecule has 10 heteroatoms. The summed E-state index contributed by atoms with van der Waals surface area (Å²) in [5, 5.41) is 18.1. The first-order chi connectivity index (χ1) is 13.7. The first-order valence-electron chi connectivity index (χ1n) is 8.78. The molecular weight excluding hydrogens is 360 g/mol. The number of hydrogen-bond donors (Lipinski definition) is 4. The van der Waals surface area contributed by atoms with Crippen LogP contribution in [-0.4, -0.2) is 40.7 Å². The number of aromatic hydroxyl groups is 1. The van der Waals surface area contributed by atoms with E-state index in [1.54, 1.807) is 29.2 Å². The molecule has 4 aromatic rings. The van der Waals surface area contributed by atoms with Crippen LogP contribution in [0.5, 0.6) is 5.88 Å². The number of aromatic amines is 2. The van der Waals surface area contributed by atoms with E-state index < -0.39 is 5.69 Å². The zero-order chi connectivity index (χ0) is 19.1. The van der Waals surface area contributed by atoms with Gasteiger partial charge in [0.15, 0.2) is 11.1 Å². The zero-order valence-electron chi connectivity index (χ0n) is 14.6. The molecule has 0 aliphatic heterocycles. The molecular formula is C18H16N8O2. The van der Waals surface area contributed by atoms with Gasteiger partial charge in [-0.3, -0.25) is 15.0 Å². The van der Waals surface area contributed by atoms with Gasteiger partial charge in [-0.15, -0.1) is 0 Å². The molecule has 1 aliphatic carbocycles. The molecule has 4 N–H and O–H groups in total. The summed E-state index contributed by atoms with van der Waals surface area (Å²) in [4.78, 5) is 29.7. The highest BCUT2D eigenvalue weighted by atomic mass is 16.3. The predicted molar refractivity (Wildman–Crippen MR) is 101 cm³/mol. The molecule has 28 heavy (non-hydrogen) atoms. The molecule has 0 radical (unpaired) electrons. The van der Waals surface area contributed by atoms with Crippen molar-refractivity contribution in [3.63, 3.8) is 0 Å². The van der Waals surface area contributed by atoms with Crippen LogP contribution in [0.2, 0.25) is 0 Å². The van der Waals surface area contributed by atoms with E-state index in [1.165, 1.54) is 0 Å². The van der Waals surface area contributed by atoms with Crippen molar-refractivity contribution in [3.05, 3.63) is 63.7 Å². The van der Waals surface area contributed by atoms with Gasteiger partial charge in [0.1, 0.15) is 11.5 Å². The lowest BCUT2D eigenvalue weighted by atomic mass is 10.3. The summed E-state index contributed by atoms with van der Waals surface area (Å²) in [6.07, 6.45) is 8.76. The summed E-state index contributed by atoms with van der Waals surface area (Å²) in [5.41, 5.74) is 1.80. The monoisotopic (exact) mass is 376 g/mol. The van der Waals surface area contributed by atoms with E-state index in [-0.39, 0.29) is 11.6 Å². The van der Waals surface area contributed by atoms with Gasteiger partial charge in [-0.2, -0.15) is 9.61 Å². The van der Waals surface area contributed by atoms with E-state index in [9.17, 15) is 9.90 Å². The van der Waals surface area contributed by atoms with Gasteiger partial charge in [-0.05, 0) is 31.1 Å². The number of nitrogens with one attached hydrogen (secondary N) is 3. The van der Waals surface area contributed by atoms with E-state index in [1.807, 2.05) is 18.2 Å². The third kappa shape index (κ3) is 3.11. The van der Waals surface area contributed by atoms with Crippen LogP contribution in [0.25, 0.3) is 11.7 Å². The summed E-state index contributed by atoms with van der Waals surface area (Å²) in [6, 6.07) is 5.87. The van der Waals surface area contributed by atoms with Crippen LogP contribution in [-0.2, 0) is 0 Å². The maximum Gasteiger partial charge on any atom is 0.326 e. The Balaban J connectivity index is 1.70. The summed E-state index contributed by atoms with van der Waals surface area (Å²) < 4.78 is 1.65. The Kier molecular flexibility index (Phi) is 3.68. The molecule has 0 spiro atoms. The molecule has 10 nitrogen and oxygen atoms in total. The molecule has 0 atom stereocenters. The maximum absolute atomic E-state index is 11.4. The summed E-state index contributed by atoms with van der Waals surface area (Å²) >= 11 is 0. The van der Waals surface area contributed by atoms with Gasteiger partial charge in [0.05, 0.1) is 24.1 Å². The molecule has 0 amide bonds. The second-order valence-electron chi connectivity index (χ2n) is 6.55. The molecule has 4 aromatic heterocycles.